The number of likely N-dealkylation sites (N-methyl/N-ethyl adjacent to an activating group) is 1. The lowest BCUT2D eigenvalue weighted by Crippen LogP contribution is -2.38. The molecule has 11 heteroatoms. The van der Waals surface area contributed by atoms with Crippen LogP contribution in [0.25, 0.3) is 16.9 Å². The van der Waals surface area contributed by atoms with Crippen LogP contribution in [0.2, 0.25) is 0 Å². The van der Waals surface area contributed by atoms with Crippen LogP contribution in [0.3, 0.4) is 0 Å². The monoisotopic (exact) mass is 414 g/mol. The molecular weight excluding hydrogens is 398 g/mol. The topological polar surface area (TPSA) is 93.5 Å². The van der Waals surface area contributed by atoms with E-state index in [9.17, 15) is 18.4 Å². The average molecular weight is 414 g/mol. The van der Waals surface area contributed by atoms with E-state index in [1.165, 1.54) is 48.5 Å². The van der Waals surface area contributed by atoms with Crippen LogP contribution in [0.1, 0.15) is 6.92 Å². The van der Waals surface area contributed by atoms with Gasteiger partial charge in [0.15, 0.2) is 12.0 Å². The quantitative estimate of drug-likeness (QED) is 0.651. The summed E-state index contributed by atoms with van der Waals surface area (Å²) in [5.41, 5.74) is -0.0645. The number of halogens is 2. The van der Waals surface area contributed by atoms with E-state index in [0.29, 0.717) is 5.82 Å². The number of anilines is 1. The van der Waals surface area contributed by atoms with Crippen molar-refractivity contribution in [3.05, 3.63) is 54.8 Å². The number of ether oxygens (including phenoxy) is 1. The third-order valence-electron chi connectivity index (χ3n) is 4.75. The summed E-state index contributed by atoms with van der Waals surface area (Å²) >= 11 is 0. The van der Waals surface area contributed by atoms with Gasteiger partial charge in [-0.3, -0.25) is 9.69 Å². The largest absolute Gasteiger partial charge is 0.423 e. The van der Waals surface area contributed by atoms with Crippen molar-refractivity contribution in [2.24, 2.45) is 0 Å². The van der Waals surface area contributed by atoms with E-state index < -0.39 is 24.0 Å². The Balaban J connectivity index is 1.61. The Labute approximate surface area is 169 Å². The fourth-order valence-corrected chi connectivity index (χ4v) is 3.05. The summed E-state index contributed by atoms with van der Waals surface area (Å²) in [6, 6.07) is 5.15. The molecule has 0 spiro atoms. The van der Waals surface area contributed by atoms with E-state index in [2.05, 4.69) is 15.1 Å². The Morgan fingerprint density at radius 3 is 2.57 bits per heavy atom. The first-order chi connectivity index (χ1) is 14.3. The number of cyclic esters (lactones) is 1. The van der Waals surface area contributed by atoms with Gasteiger partial charge in [-0.05, 0) is 24.3 Å². The first-order valence-corrected chi connectivity index (χ1v) is 8.87. The number of pyridine rings is 1. The molecule has 1 atom stereocenters. The lowest BCUT2D eigenvalue weighted by atomic mass is 10.1. The predicted octanol–water partition coefficient (Wildman–Crippen LogP) is 2.37. The molecule has 30 heavy (non-hydrogen) atoms. The number of hydrogen-bond donors (Lipinski definition) is 0. The Kier molecular flexibility index (Phi) is 4.86. The maximum absolute atomic E-state index is 14.8. The number of hydrogen-bond acceptors (Lipinski definition) is 6. The SMILES string of the molecule is CC(=O)N(C)[C@@H]1CN(c2cc(F)c(-c3ccc(-n4cncn4)nc3)c(F)c2)C(=O)O1. The van der Waals surface area contributed by atoms with Gasteiger partial charge in [-0.1, -0.05) is 0 Å². The third kappa shape index (κ3) is 3.45. The summed E-state index contributed by atoms with van der Waals surface area (Å²) in [7, 11) is 1.48. The summed E-state index contributed by atoms with van der Waals surface area (Å²) in [5.74, 6) is -1.59. The minimum Gasteiger partial charge on any atom is -0.423 e. The van der Waals surface area contributed by atoms with Crippen molar-refractivity contribution in [2.75, 3.05) is 18.5 Å². The summed E-state index contributed by atoms with van der Waals surface area (Å²) in [6.45, 7) is 1.29. The van der Waals surface area contributed by atoms with Crippen LogP contribution in [-0.2, 0) is 9.53 Å². The molecule has 1 aliphatic heterocycles. The van der Waals surface area contributed by atoms with Crippen LogP contribution >= 0.6 is 0 Å². The molecule has 0 aliphatic carbocycles. The molecule has 2 amide bonds. The smallest absolute Gasteiger partial charge is 0.416 e. The van der Waals surface area contributed by atoms with E-state index in [4.69, 9.17) is 4.74 Å². The zero-order chi connectivity index (χ0) is 21.4. The number of carbonyl (C=O) groups excluding carboxylic acids is 2. The second-order valence-corrected chi connectivity index (χ2v) is 6.61. The highest BCUT2D eigenvalue weighted by Crippen LogP contribution is 2.32. The van der Waals surface area contributed by atoms with Crippen molar-refractivity contribution in [1.29, 1.82) is 0 Å². The Hall–Kier alpha value is -3.89. The first-order valence-electron chi connectivity index (χ1n) is 8.87. The molecule has 154 valence electrons. The minimum atomic E-state index is -0.864. The fourth-order valence-electron chi connectivity index (χ4n) is 3.05. The molecule has 9 nitrogen and oxygen atoms in total. The number of benzene rings is 1. The molecular formula is C19H16F2N6O3. The van der Waals surface area contributed by atoms with Gasteiger partial charge < -0.3 is 9.64 Å². The van der Waals surface area contributed by atoms with Gasteiger partial charge in [0.05, 0.1) is 17.8 Å². The van der Waals surface area contributed by atoms with Crippen molar-refractivity contribution in [3.63, 3.8) is 0 Å². The molecule has 0 radical (unpaired) electrons. The summed E-state index contributed by atoms with van der Waals surface area (Å²) in [4.78, 5) is 33.9. The Morgan fingerprint density at radius 2 is 2.00 bits per heavy atom. The molecule has 0 bridgehead atoms. The molecule has 1 aliphatic rings. The van der Waals surface area contributed by atoms with Crippen LogP contribution < -0.4 is 4.90 Å². The van der Waals surface area contributed by atoms with E-state index in [1.54, 1.807) is 6.07 Å². The van der Waals surface area contributed by atoms with Gasteiger partial charge >= 0.3 is 6.09 Å². The van der Waals surface area contributed by atoms with Crippen LogP contribution in [0, 0.1) is 11.6 Å². The van der Waals surface area contributed by atoms with Gasteiger partial charge in [0, 0.05) is 25.7 Å². The highest BCUT2D eigenvalue weighted by Gasteiger charge is 2.36. The Bertz CT molecular complexity index is 1080. The average Bonchev–Trinajstić information content (AvgIpc) is 3.37. The molecule has 1 fully saturated rings. The molecule has 0 N–H and O–H groups in total. The number of rotatable bonds is 4. The molecule has 1 saturated heterocycles. The predicted molar refractivity (Wildman–Crippen MR) is 101 cm³/mol. The van der Waals surface area contributed by atoms with E-state index in [1.807, 2.05) is 0 Å². The molecule has 0 saturated carbocycles. The fraction of sp³-hybridized carbons (Fsp3) is 0.211. The molecule has 3 aromatic rings. The maximum atomic E-state index is 14.8. The lowest BCUT2D eigenvalue weighted by molar-refractivity contribution is -0.134. The molecule has 1 aromatic carbocycles. The van der Waals surface area contributed by atoms with Crippen molar-refractivity contribution in [3.8, 4) is 16.9 Å². The minimum absolute atomic E-state index is 0.00889. The number of amides is 2. The number of aromatic nitrogens is 4. The highest BCUT2D eigenvalue weighted by molar-refractivity contribution is 5.90. The summed E-state index contributed by atoms with van der Waals surface area (Å²) < 4.78 is 36.1. The highest BCUT2D eigenvalue weighted by atomic mass is 19.1. The van der Waals surface area contributed by atoms with Gasteiger partial charge in [-0.2, -0.15) is 5.10 Å². The summed E-state index contributed by atoms with van der Waals surface area (Å²) in [5, 5.41) is 3.94. The summed E-state index contributed by atoms with van der Waals surface area (Å²) in [6.07, 6.45) is 2.48. The van der Waals surface area contributed by atoms with Crippen molar-refractivity contribution >= 4 is 17.7 Å². The second kappa shape index (κ2) is 7.50. The normalized spacial score (nSPS) is 15.9. The number of carbonyl (C=O) groups is 2. The van der Waals surface area contributed by atoms with Crippen molar-refractivity contribution in [1.82, 2.24) is 24.6 Å². The Morgan fingerprint density at radius 1 is 1.27 bits per heavy atom. The van der Waals surface area contributed by atoms with Gasteiger partial charge in [0.1, 0.15) is 24.3 Å². The van der Waals surface area contributed by atoms with Crippen LogP contribution in [-0.4, -0.2) is 56.5 Å². The van der Waals surface area contributed by atoms with Crippen LogP contribution in [0.15, 0.2) is 43.1 Å². The zero-order valence-corrected chi connectivity index (χ0v) is 16.0. The zero-order valence-electron chi connectivity index (χ0n) is 16.0. The standard InChI is InChI=1S/C19H16F2N6O3/c1-11(28)25(2)17-8-26(19(29)30-17)13-5-14(20)18(15(21)6-13)12-3-4-16(23-7-12)27-10-22-9-24-27/h3-7,9-10,17H,8H2,1-2H3/t17-/m0/s1. The molecule has 4 rings (SSSR count). The van der Waals surface area contributed by atoms with Crippen molar-refractivity contribution in [2.45, 2.75) is 13.2 Å². The third-order valence-corrected chi connectivity index (χ3v) is 4.75. The van der Waals surface area contributed by atoms with Crippen molar-refractivity contribution < 1.29 is 23.1 Å². The lowest BCUT2D eigenvalue weighted by Gasteiger charge is -2.20. The number of nitrogens with zero attached hydrogens (tertiary/aromatic N) is 6. The second-order valence-electron chi connectivity index (χ2n) is 6.61. The van der Waals surface area contributed by atoms with Gasteiger partial charge in [-0.25, -0.2) is 28.2 Å². The van der Waals surface area contributed by atoms with E-state index >= 15 is 0 Å². The molecule has 3 heterocycles. The van der Waals surface area contributed by atoms with Crippen LogP contribution in [0.5, 0.6) is 0 Å². The van der Waals surface area contributed by atoms with Gasteiger partial charge in [0.2, 0.25) is 5.91 Å². The molecule has 2 aromatic heterocycles. The van der Waals surface area contributed by atoms with E-state index in [-0.39, 0.29) is 29.3 Å². The van der Waals surface area contributed by atoms with Crippen LogP contribution in [0.4, 0.5) is 19.3 Å². The first kappa shape index (κ1) is 19.4. The van der Waals surface area contributed by atoms with Gasteiger partial charge in [0.25, 0.3) is 0 Å². The maximum Gasteiger partial charge on any atom is 0.416 e. The van der Waals surface area contributed by atoms with E-state index in [0.717, 1.165) is 17.0 Å². The molecule has 0 unspecified atom stereocenters. The van der Waals surface area contributed by atoms with Gasteiger partial charge in [-0.15, -0.1) is 0 Å².